The molecule has 11 heteroatoms. The number of rotatable bonds is 10. The summed E-state index contributed by atoms with van der Waals surface area (Å²) >= 11 is 3.61. The van der Waals surface area contributed by atoms with E-state index in [1.807, 2.05) is 25.2 Å². The van der Waals surface area contributed by atoms with E-state index in [2.05, 4.69) is 40.6 Å². The molecule has 34 heavy (non-hydrogen) atoms. The summed E-state index contributed by atoms with van der Waals surface area (Å²) < 4.78 is 50.1. The van der Waals surface area contributed by atoms with Crippen LogP contribution in [0.1, 0.15) is 18.4 Å². The largest absolute Gasteiger partial charge is 0.497 e. The Morgan fingerprint density at radius 1 is 1.18 bits per heavy atom. The summed E-state index contributed by atoms with van der Waals surface area (Å²) in [5.74, 6) is 2.78. The molecule has 3 aromatic rings. The lowest BCUT2D eigenvalue weighted by Gasteiger charge is -2.20. The van der Waals surface area contributed by atoms with Crippen LogP contribution in [0, 0.1) is 5.92 Å². The smallest absolute Gasteiger partial charge is 0.422 e. The molecule has 1 aliphatic rings. The molecule has 0 bridgehead atoms. The van der Waals surface area contributed by atoms with E-state index in [0.29, 0.717) is 30.5 Å². The number of halogens is 4. The van der Waals surface area contributed by atoms with Crippen molar-refractivity contribution in [1.29, 1.82) is 0 Å². The van der Waals surface area contributed by atoms with Crippen molar-refractivity contribution in [3.05, 3.63) is 46.6 Å². The number of nitrogens with zero attached hydrogens (tertiary/aromatic N) is 5. The van der Waals surface area contributed by atoms with Gasteiger partial charge in [0.2, 0.25) is 11.8 Å². The van der Waals surface area contributed by atoms with Gasteiger partial charge in [0.05, 0.1) is 7.11 Å². The van der Waals surface area contributed by atoms with Crippen molar-refractivity contribution >= 4 is 21.9 Å². The zero-order chi connectivity index (χ0) is 24.3. The lowest BCUT2D eigenvalue weighted by molar-refractivity contribution is -0.154. The van der Waals surface area contributed by atoms with Gasteiger partial charge >= 0.3 is 6.18 Å². The van der Waals surface area contributed by atoms with E-state index in [9.17, 15) is 13.2 Å². The minimum atomic E-state index is -4.40. The van der Waals surface area contributed by atoms with Gasteiger partial charge in [-0.2, -0.15) is 13.2 Å². The lowest BCUT2D eigenvalue weighted by Crippen LogP contribution is -2.24. The molecule has 2 heterocycles. The summed E-state index contributed by atoms with van der Waals surface area (Å²) in [6.45, 7) is 0.0977. The molecule has 7 nitrogen and oxygen atoms in total. The van der Waals surface area contributed by atoms with Gasteiger partial charge in [-0.3, -0.25) is 4.57 Å². The minimum absolute atomic E-state index is 0.0590. The van der Waals surface area contributed by atoms with E-state index in [0.717, 1.165) is 28.1 Å². The maximum Gasteiger partial charge on any atom is 0.422 e. The molecule has 2 aromatic heterocycles. The third-order valence-electron chi connectivity index (χ3n) is 5.52. The molecule has 0 aliphatic heterocycles. The Balaban J connectivity index is 1.56. The summed E-state index contributed by atoms with van der Waals surface area (Å²) in [4.78, 5) is 6.13. The van der Waals surface area contributed by atoms with Crippen LogP contribution in [-0.4, -0.2) is 53.2 Å². The summed E-state index contributed by atoms with van der Waals surface area (Å²) in [6.07, 6.45) is 0.166. The summed E-state index contributed by atoms with van der Waals surface area (Å²) in [6, 6.07) is 8.85. The highest BCUT2D eigenvalue weighted by atomic mass is 79.9. The van der Waals surface area contributed by atoms with Crippen LogP contribution in [0.3, 0.4) is 0 Å². The summed E-state index contributed by atoms with van der Waals surface area (Å²) in [7, 11) is 3.62. The molecule has 182 valence electrons. The van der Waals surface area contributed by atoms with Gasteiger partial charge in [-0.1, -0.05) is 22.0 Å². The van der Waals surface area contributed by atoms with Crippen LogP contribution in [0.2, 0.25) is 0 Å². The van der Waals surface area contributed by atoms with E-state index in [1.165, 1.54) is 25.1 Å². The number of benzene rings is 1. The van der Waals surface area contributed by atoms with Crippen LogP contribution in [-0.2, 0) is 13.0 Å². The van der Waals surface area contributed by atoms with Gasteiger partial charge in [-0.15, -0.1) is 10.2 Å². The van der Waals surface area contributed by atoms with Crippen LogP contribution in [0.4, 0.5) is 19.1 Å². The zero-order valence-corrected chi connectivity index (χ0v) is 20.4. The molecule has 0 saturated heterocycles. The summed E-state index contributed by atoms with van der Waals surface area (Å²) in [5, 5.41) is 8.97. The average Bonchev–Trinajstić information content (AvgIpc) is 3.52. The first-order valence-corrected chi connectivity index (χ1v) is 11.7. The fourth-order valence-electron chi connectivity index (χ4n) is 3.60. The predicted molar refractivity (Wildman–Crippen MR) is 125 cm³/mol. The molecule has 4 rings (SSSR count). The number of aryl methyl sites for hydroxylation is 1. The van der Waals surface area contributed by atoms with Crippen LogP contribution in [0.25, 0.3) is 11.4 Å². The molecule has 0 atom stereocenters. The Hall–Kier alpha value is -2.82. The maximum atomic E-state index is 12.4. The van der Waals surface area contributed by atoms with Gasteiger partial charge in [-0.25, -0.2) is 4.98 Å². The van der Waals surface area contributed by atoms with Crippen LogP contribution >= 0.6 is 15.9 Å². The van der Waals surface area contributed by atoms with E-state index >= 15 is 0 Å². The number of alkyl halides is 3. The number of aromatic nitrogens is 4. The Morgan fingerprint density at radius 3 is 2.62 bits per heavy atom. The van der Waals surface area contributed by atoms with Crippen LogP contribution in [0.15, 0.2) is 41.0 Å². The molecule has 1 saturated carbocycles. The monoisotopic (exact) mass is 539 g/mol. The highest BCUT2D eigenvalue weighted by molar-refractivity contribution is 9.10. The first-order chi connectivity index (χ1) is 16.2. The van der Waals surface area contributed by atoms with Crippen molar-refractivity contribution in [2.24, 2.45) is 5.92 Å². The number of hydrogen-bond donors (Lipinski definition) is 0. The Labute approximate surface area is 204 Å². The first-order valence-electron chi connectivity index (χ1n) is 10.9. The van der Waals surface area contributed by atoms with Gasteiger partial charge in [0.25, 0.3) is 0 Å². The van der Waals surface area contributed by atoms with Gasteiger partial charge in [0.1, 0.15) is 5.75 Å². The molecule has 1 aromatic carbocycles. The molecule has 1 aliphatic carbocycles. The van der Waals surface area contributed by atoms with Crippen molar-refractivity contribution in [3.63, 3.8) is 0 Å². The molecule has 0 amide bonds. The van der Waals surface area contributed by atoms with Crippen molar-refractivity contribution in [2.75, 3.05) is 32.2 Å². The minimum Gasteiger partial charge on any atom is -0.497 e. The third kappa shape index (κ3) is 6.19. The van der Waals surface area contributed by atoms with Crippen molar-refractivity contribution < 1.29 is 22.6 Å². The van der Waals surface area contributed by atoms with Gasteiger partial charge in [0.15, 0.2) is 12.4 Å². The third-order valence-corrected chi connectivity index (χ3v) is 6.21. The fourth-order valence-corrected chi connectivity index (χ4v) is 4.02. The van der Waals surface area contributed by atoms with Gasteiger partial charge in [-0.05, 0) is 48.9 Å². The van der Waals surface area contributed by atoms with E-state index in [1.54, 1.807) is 13.2 Å². The van der Waals surface area contributed by atoms with E-state index in [-0.39, 0.29) is 5.88 Å². The molecule has 0 radical (unpaired) electrons. The van der Waals surface area contributed by atoms with Crippen molar-refractivity contribution in [1.82, 2.24) is 19.7 Å². The molecule has 0 spiro atoms. The number of anilines is 1. The first kappa shape index (κ1) is 24.3. The number of methoxy groups -OCH3 is 1. The number of pyridine rings is 1. The topological polar surface area (TPSA) is 65.3 Å². The zero-order valence-electron chi connectivity index (χ0n) is 18.8. The van der Waals surface area contributed by atoms with Gasteiger partial charge in [0, 0.05) is 42.4 Å². The number of hydrogen-bond acceptors (Lipinski definition) is 6. The molecular weight excluding hydrogens is 515 g/mol. The lowest BCUT2D eigenvalue weighted by atomic mass is 10.2. The van der Waals surface area contributed by atoms with E-state index < -0.39 is 12.8 Å². The fraction of sp³-hybridized carbons (Fsp3) is 0.435. The Morgan fingerprint density at radius 2 is 1.97 bits per heavy atom. The second kappa shape index (κ2) is 10.2. The SMILES string of the molecule is COc1ccc(Br)c(-c2nnc(N(C)CC3CC3)n2CCc2ccc(OCC(F)(F)F)nc2)c1. The summed E-state index contributed by atoms with van der Waals surface area (Å²) in [5.41, 5.74) is 1.71. The van der Waals surface area contributed by atoms with Crippen LogP contribution in [0.5, 0.6) is 11.6 Å². The average molecular weight is 540 g/mol. The molecular formula is C23H25BrF3N5O2. The second-order valence-electron chi connectivity index (χ2n) is 8.30. The van der Waals surface area contributed by atoms with Crippen molar-refractivity contribution in [2.45, 2.75) is 32.0 Å². The highest BCUT2D eigenvalue weighted by Crippen LogP contribution is 2.34. The Bertz CT molecular complexity index is 1120. The van der Waals surface area contributed by atoms with E-state index in [4.69, 9.17) is 9.47 Å². The normalized spacial score (nSPS) is 13.7. The number of ether oxygens (including phenoxy) is 2. The molecule has 0 unspecified atom stereocenters. The highest BCUT2D eigenvalue weighted by Gasteiger charge is 2.29. The Kier molecular flexibility index (Phi) is 7.30. The van der Waals surface area contributed by atoms with Crippen LogP contribution < -0.4 is 14.4 Å². The standard InChI is InChI=1S/C23H25BrF3N5O2/c1-31(13-16-3-4-16)22-30-29-21(18-11-17(33-2)6-7-19(18)24)32(22)10-9-15-5-8-20(28-12-15)34-14-23(25,26)27/h5-8,11-12,16H,3-4,9-10,13-14H2,1-2H3. The maximum absolute atomic E-state index is 12.4. The second-order valence-corrected chi connectivity index (χ2v) is 9.16. The molecule has 1 fully saturated rings. The van der Waals surface area contributed by atoms with Crippen molar-refractivity contribution in [3.8, 4) is 23.0 Å². The van der Waals surface area contributed by atoms with Gasteiger partial charge < -0.3 is 14.4 Å². The quantitative estimate of drug-likeness (QED) is 0.355. The predicted octanol–water partition coefficient (Wildman–Crippen LogP) is 5.14. The molecule has 0 N–H and O–H groups in total.